The van der Waals surface area contributed by atoms with Crippen molar-refractivity contribution in [1.29, 1.82) is 0 Å². The molecule has 4 rings (SSSR count). The Morgan fingerprint density at radius 1 is 1.36 bits per heavy atom. The summed E-state index contributed by atoms with van der Waals surface area (Å²) in [6, 6.07) is 0. The topological polar surface area (TPSA) is 78.5 Å². The van der Waals surface area contributed by atoms with Gasteiger partial charge in [0.25, 0.3) is 5.91 Å². The molecule has 2 amide bonds. The zero-order chi connectivity index (χ0) is 19.6. The fourth-order valence-corrected chi connectivity index (χ4v) is 5.00. The minimum Gasteiger partial charge on any atom is -0.376 e. The van der Waals surface area contributed by atoms with Gasteiger partial charge in [0, 0.05) is 44.9 Å². The Balaban J connectivity index is 1.36. The standard InChI is InChI=1S/C21H32N4O3/c1-2-4-18-17(13-22-23-18)20(27)24-10-8-21(9-11-24)7-6-19(26)25(15-21)14-16-5-3-12-28-16/h13,16H,2-12,14-15H2,1H3,(H,22,23). The van der Waals surface area contributed by atoms with Gasteiger partial charge in [-0.2, -0.15) is 5.10 Å². The normalized spacial score (nSPS) is 24.9. The minimum atomic E-state index is 0.0927. The van der Waals surface area contributed by atoms with Crippen LogP contribution in [-0.2, 0) is 16.0 Å². The van der Waals surface area contributed by atoms with E-state index in [1.807, 2.05) is 9.80 Å². The number of ether oxygens (including phenoxy) is 1. The number of amides is 2. The van der Waals surface area contributed by atoms with Gasteiger partial charge in [-0.25, -0.2) is 0 Å². The van der Waals surface area contributed by atoms with Crippen molar-refractivity contribution >= 4 is 11.8 Å². The van der Waals surface area contributed by atoms with Gasteiger partial charge in [-0.15, -0.1) is 0 Å². The molecule has 154 valence electrons. The quantitative estimate of drug-likeness (QED) is 0.840. The monoisotopic (exact) mass is 388 g/mol. The van der Waals surface area contributed by atoms with Crippen molar-refractivity contribution in [3.05, 3.63) is 17.5 Å². The fraction of sp³-hybridized carbons (Fsp3) is 0.762. The van der Waals surface area contributed by atoms with Crippen LogP contribution < -0.4 is 0 Å². The van der Waals surface area contributed by atoms with Gasteiger partial charge in [-0.05, 0) is 43.9 Å². The van der Waals surface area contributed by atoms with Crippen LogP contribution in [0.3, 0.4) is 0 Å². The average Bonchev–Trinajstić information content (AvgIpc) is 3.37. The van der Waals surface area contributed by atoms with E-state index >= 15 is 0 Å². The van der Waals surface area contributed by atoms with Crippen molar-refractivity contribution in [2.24, 2.45) is 5.41 Å². The smallest absolute Gasteiger partial charge is 0.257 e. The lowest BCUT2D eigenvalue weighted by molar-refractivity contribution is -0.141. The lowest BCUT2D eigenvalue weighted by Gasteiger charge is -2.47. The summed E-state index contributed by atoms with van der Waals surface area (Å²) in [5.41, 5.74) is 1.82. The van der Waals surface area contributed by atoms with Crippen molar-refractivity contribution in [1.82, 2.24) is 20.0 Å². The zero-order valence-corrected chi connectivity index (χ0v) is 16.9. The molecule has 0 saturated carbocycles. The highest BCUT2D eigenvalue weighted by atomic mass is 16.5. The van der Waals surface area contributed by atoms with Gasteiger partial charge in [0.2, 0.25) is 5.91 Å². The number of piperidine rings is 2. The van der Waals surface area contributed by atoms with E-state index in [2.05, 4.69) is 17.1 Å². The van der Waals surface area contributed by atoms with Crippen LogP contribution in [0.4, 0.5) is 0 Å². The summed E-state index contributed by atoms with van der Waals surface area (Å²) in [4.78, 5) is 29.4. The van der Waals surface area contributed by atoms with Crippen LogP contribution in [0.1, 0.15) is 67.9 Å². The van der Waals surface area contributed by atoms with Crippen molar-refractivity contribution in [3.8, 4) is 0 Å². The predicted molar refractivity (Wildman–Crippen MR) is 105 cm³/mol. The molecule has 1 aromatic heterocycles. The van der Waals surface area contributed by atoms with Crippen molar-refractivity contribution in [2.45, 2.75) is 64.4 Å². The van der Waals surface area contributed by atoms with E-state index in [0.717, 1.165) is 89.0 Å². The Labute approximate surface area is 166 Å². The predicted octanol–water partition coefficient (Wildman–Crippen LogP) is 2.39. The Hall–Kier alpha value is -1.89. The molecule has 28 heavy (non-hydrogen) atoms. The molecule has 3 fully saturated rings. The zero-order valence-electron chi connectivity index (χ0n) is 16.9. The molecule has 1 N–H and O–H groups in total. The van der Waals surface area contributed by atoms with E-state index in [0.29, 0.717) is 6.42 Å². The molecular formula is C21H32N4O3. The van der Waals surface area contributed by atoms with Crippen LogP contribution in [0, 0.1) is 5.41 Å². The van der Waals surface area contributed by atoms with Gasteiger partial charge in [-0.1, -0.05) is 13.3 Å². The molecule has 0 aliphatic carbocycles. The summed E-state index contributed by atoms with van der Waals surface area (Å²) < 4.78 is 5.75. The lowest BCUT2D eigenvalue weighted by atomic mass is 9.72. The third-order valence-corrected chi connectivity index (χ3v) is 6.76. The summed E-state index contributed by atoms with van der Waals surface area (Å²) >= 11 is 0. The highest BCUT2D eigenvalue weighted by molar-refractivity contribution is 5.95. The summed E-state index contributed by atoms with van der Waals surface area (Å²) in [5.74, 6) is 0.359. The lowest BCUT2D eigenvalue weighted by Crippen LogP contribution is -2.53. The molecule has 1 aromatic rings. The number of hydrogen-bond donors (Lipinski definition) is 1. The molecule has 3 aliphatic rings. The van der Waals surface area contributed by atoms with Crippen LogP contribution in [0.25, 0.3) is 0 Å². The molecule has 7 nitrogen and oxygen atoms in total. The Bertz CT molecular complexity index is 702. The summed E-state index contributed by atoms with van der Waals surface area (Å²) in [7, 11) is 0. The number of nitrogens with zero attached hydrogens (tertiary/aromatic N) is 3. The maximum absolute atomic E-state index is 13.0. The second kappa shape index (κ2) is 8.23. The van der Waals surface area contributed by atoms with Crippen molar-refractivity contribution < 1.29 is 14.3 Å². The third-order valence-electron chi connectivity index (χ3n) is 6.76. The van der Waals surface area contributed by atoms with Gasteiger partial charge in [-0.3, -0.25) is 14.7 Å². The second-order valence-corrected chi connectivity index (χ2v) is 8.71. The minimum absolute atomic E-state index is 0.0927. The molecule has 1 unspecified atom stereocenters. The molecular weight excluding hydrogens is 356 g/mol. The van der Waals surface area contributed by atoms with E-state index in [4.69, 9.17) is 4.74 Å². The van der Waals surface area contributed by atoms with Gasteiger partial charge in [0.1, 0.15) is 0 Å². The largest absolute Gasteiger partial charge is 0.376 e. The summed E-state index contributed by atoms with van der Waals surface area (Å²) in [6.45, 7) is 6.00. The highest BCUT2D eigenvalue weighted by Crippen LogP contribution is 2.40. The number of rotatable bonds is 5. The third kappa shape index (κ3) is 3.95. The second-order valence-electron chi connectivity index (χ2n) is 8.71. The number of H-pyrrole nitrogens is 1. The van der Waals surface area contributed by atoms with Crippen LogP contribution in [-0.4, -0.2) is 70.7 Å². The Morgan fingerprint density at radius 2 is 2.18 bits per heavy atom. The van der Waals surface area contributed by atoms with Crippen molar-refractivity contribution in [3.63, 3.8) is 0 Å². The van der Waals surface area contributed by atoms with Gasteiger partial charge in [0.05, 0.1) is 17.9 Å². The number of likely N-dealkylation sites (tertiary alicyclic amines) is 2. The first kappa shape index (κ1) is 19.4. The van der Waals surface area contributed by atoms with Gasteiger partial charge >= 0.3 is 0 Å². The average molecular weight is 389 g/mol. The number of aromatic nitrogens is 2. The van der Waals surface area contributed by atoms with Gasteiger partial charge in [0.15, 0.2) is 0 Å². The number of carbonyl (C=O) groups is 2. The van der Waals surface area contributed by atoms with Crippen LogP contribution in [0.5, 0.6) is 0 Å². The molecule has 3 saturated heterocycles. The number of hydrogen-bond acceptors (Lipinski definition) is 4. The van der Waals surface area contributed by atoms with Crippen molar-refractivity contribution in [2.75, 3.05) is 32.8 Å². The Morgan fingerprint density at radius 3 is 2.89 bits per heavy atom. The molecule has 4 heterocycles. The van der Waals surface area contributed by atoms with Crippen LogP contribution >= 0.6 is 0 Å². The molecule has 0 aromatic carbocycles. The number of aryl methyl sites for hydroxylation is 1. The first-order chi connectivity index (χ1) is 13.6. The summed E-state index contributed by atoms with van der Waals surface area (Å²) in [5, 5.41) is 7.05. The van der Waals surface area contributed by atoms with Crippen LogP contribution in [0.2, 0.25) is 0 Å². The van der Waals surface area contributed by atoms with Crippen LogP contribution in [0.15, 0.2) is 6.20 Å². The molecule has 0 radical (unpaired) electrons. The maximum Gasteiger partial charge on any atom is 0.257 e. The van der Waals surface area contributed by atoms with E-state index < -0.39 is 0 Å². The molecule has 7 heteroatoms. The summed E-state index contributed by atoms with van der Waals surface area (Å²) in [6.07, 6.45) is 9.38. The molecule has 1 spiro atoms. The number of aromatic amines is 1. The maximum atomic E-state index is 13.0. The SMILES string of the molecule is CCCc1[nH]ncc1C(=O)N1CCC2(CCC(=O)N(CC3CCCO3)C2)CC1. The first-order valence-electron chi connectivity index (χ1n) is 10.8. The number of carbonyl (C=O) groups excluding carboxylic acids is 2. The van der Waals surface area contributed by atoms with E-state index in [-0.39, 0.29) is 23.3 Å². The number of nitrogens with one attached hydrogen (secondary N) is 1. The highest BCUT2D eigenvalue weighted by Gasteiger charge is 2.42. The first-order valence-corrected chi connectivity index (χ1v) is 10.8. The van der Waals surface area contributed by atoms with E-state index in [1.165, 1.54) is 0 Å². The molecule has 0 bridgehead atoms. The molecule has 1 atom stereocenters. The van der Waals surface area contributed by atoms with Gasteiger partial charge < -0.3 is 14.5 Å². The Kier molecular flexibility index (Phi) is 5.71. The van der Waals surface area contributed by atoms with E-state index in [9.17, 15) is 9.59 Å². The fourth-order valence-electron chi connectivity index (χ4n) is 5.00. The van der Waals surface area contributed by atoms with E-state index in [1.54, 1.807) is 6.20 Å². The molecule has 3 aliphatic heterocycles.